The van der Waals surface area contributed by atoms with E-state index in [1.54, 1.807) is 0 Å². The van der Waals surface area contributed by atoms with E-state index in [-0.39, 0.29) is 25.6 Å². The lowest BCUT2D eigenvalue weighted by Crippen LogP contribution is -2.42. The molecule has 0 amide bonds. The van der Waals surface area contributed by atoms with Crippen molar-refractivity contribution in [2.24, 2.45) is 23.2 Å². The molecule has 1 aliphatic carbocycles. The molecule has 2 fully saturated rings. The first kappa shape index (κ1) is 29.4. The molecule has 0 unspecified atom stereocenters. The highest BCUT2D eigenvalue weighted by Gasteiger charge is 2.48. The standard InChI is InChI=1S/C33H46O6/c1-22(2)14-25(15-23(3)4)9-10-26-18-33(20-34,39-30(26)35)21-37-31(36)32(12-6-7-13-32)19-28-17-27-16-24(5)8-11-29(27)38-28/h8,10-11,16-17,22-23,25,34H,6-7,9,12-15,18-21H2,1-5H3/b26-10+/t33-/m1/s1. The molecule has 1 atom stereocenters. The van der Waals surface area contributed by atoms with Crippen LogP contribution in [0.4, 0.5) is 0 Å². The van der Waals surface area contributed by atoms with Crippen LogP contribution in [-0.4, -0.2) is 35.9 Å². The summed E-state index contributed by atoms with van der Waals surface area (Å²) in [5.74, 6) is 1.74. The van der Waals surface area contributed by atoms with Crippen LogP contribution in [0.25, 0.3) is 11.0 Å². The predicted molar refractivity (Wildman–Crippen MR) is 152 cm³/mol. The lowest BCUT2D eigenvalue weighted by atomic mass is 9.81. The molecule has 1 aromatic heterocycles. The highest BCUT2D eigenvalue weighted by atomic mass is 16.6. The van der Waals surface area contributed by atoms with Crippen LogP contribution in [0.15, 0.2) is 40.3 Å². The number of cyclic esters (lactones) is 1. The Morgan fingerprint density at radius 3 is 2.44 bits per heavy atom. The third-order valence-electron chi connectivity index (χ3n) is 8.37. The summed E-state index contributed by atoms with van der Waals surface area (Å²) in [5.41, 5.74) is 0.667. The van der Waals surface area contributed by atoms with Gasteiger partial charge in [-0.05, 0) is 75.0 Å². The van der Waals surface area contributed by atoms with Gasteiger partial charge in [0, 0.05) is 23.8 Å². The molecule has 0 spiro atoms. The number of benzene rings is 1. The van der Waals surface area contributed by atoms with Crippen LogP contribution < -0.4 is 0 Å². The lowest BCUT2D eigenvalue weighted by molar-refractivity contribution is -0.173. The zero-order valence-electron chi connectivity index (χ0n) is 24.4. The van der Waals surface area contributed by atoms with Crippen LogP contribution in [0, 0.1) is 30.1 Å². The molecule has 4 rings (SSSR count). The van der Waals surface area contributed by atoms with Gasteiger partial charge in [-0.15, -0.1) is 0 Å². The third-order valence-corrected chi connectivity index (χ3v) is 8.37. The minimum atomic E-state index is -1.22. The Kier molecular flexibility index (Phi) is 9.25. The number of hydrogen-bond acceptors (Lipinski definition) is 6. The zero-order valence-corrected chi connectivity index (χ0v) is 24.4. The molecular weight excluding hydrogens is 492 g/mol. The molecule has 1 aliphatic heterocycles. The fourth-order valence-corrected chi connectivity index (χ4v) is 6.51. The van der Waals surface area contributed by atoms with E-state index in [9.17, 15) is 14.7 Å². The highest BCUT2D eigenvalue weighted by Crippen LogP contribution is 2.43. The van der Waals surface area contributed by atoms with Gasteiger partial charge in [0.2, 0.25) is 0 Å². The second kappa shape index (κ2) is 12.3. The van der Waals surface area contributed by atoms with Crippen molar-refractivity contribution in [2.75, 3.05) is 13.2 Å². The molecule has 6 heteroatoms. The van der Waals surface area contributed by atoms with Crippen molar-refractivity contribution < 1.29 is 28.6 Å². The van der Waals surface area contributed by atoms with Crippen LogP contribution in [-0.2, 0) is 25.5 Å². The topological polar surface area (TPSA) is 86.0 Å². The van der Waals surface area contributed by atoms with Crippen molar-refractivity contribution in [3.05, 3.63) is 47.2 Å². The smallest absolute Gasteiger partial charge is 0.334 e. The van der Waals surface area contributed by atoms with Gasteiger partial charge in [0.05, 0.1) is 12.0 Å². The maximum Gasteiger partial charge on any atom is 0.334 e. The van der Waals surface area contributed by atoms with E-state index in [1.165, 1.54) is 0 Å². The minimum Gasteiger partial charge on any atom is -0.461 e. The average molecular weight is 539 g/mol. The van der Waals surface area contributed by atoms with Gasteiger partial charge in [-0.1, -0.05) is 58.2 Å². The third kappa shape index (κ3) is 7.13. The first-order valence-electron chi connectivity index (χ1n) is 14.7. The van der Waals surface area contributed by atoms with Crippen molar-refractivity contribution >= 4 is 22.9 Å². The van der Waals surface area contributed by atoms with Gasteiger partial charge in [-0.2, -0.15) is 0 Å². The molecule has 1 saturated carbocycles. The van der Waals surface area contributed by atoms with Crippen LogP contribution in [0.5, 0.6) is 0 Å². The number of fused-ring (bicyclic) bond motifs is 1. The fraction of sp³-hybridized carbons (Fsp3) is 0.636. The molecular formula is C33H46O6. The van der Waals surface area contributed by atoms with Gasteiger partial charge in [-0.3, -0.25) is 4.79 Å². The molecule has 214 valence electrons. The summed E-state index contributed by atoms with van der Waals surface area (Å²) >= 11 is 0. The van der Waals surface area contributed by atoms with Crippen LogP contribution in [0.1, 0.15) is 90.4 Å². The number of aliphatic hydroxyl groups excluding tert-OH is 1. The summed E-state index contributed by atoms with van der Waals surface area (Å²) in [4.78, 5) is 26.3. The van der Waals surface area contributed by atoms with Crippen molar-refractivity contribution in [3.63, 3.8) is 0 Å². The maximum atomic E-state index is 13.5. The summed E-state index contributed by atoms with van der Waals surface area (Å²) < 4.78 is 17.6. The van der Waals surface area contributed by atoms with Crippen LogP contribution in [0.2, 0.25) is 0 Å². The SMILES string of the molecule is Cc1ccc2oc(CC3(C(=O)OC[C@]4(CO)C/C(=C\CC(CC(C)C)CC(C)C)C(=O)O4)CCCC3)cc2c1. The Morgan fingerprint density at radius 1 is 1.10 bits per heavy atom. The van der Waals surface area contributed by atoms with Gasteiger partial charge in [0.1, 0.15) is 18.0 Å². The summed E-state index contributed by atoms with van der Waals surface area (Å²) in [6, 6.07) is 8.09. The van der Waals surface area contributed by atoms with E-state index in [4.69, 9.17) is 13.9 Å². The van der Waals surface area contributed by atoms with Crippen LogP contribution in [0.3, 0.4) is 0 Å². The van der Waals surface area contributed by atoms with Crippen molar-refractivity contribution in [2.45, 2.75) is 98.0 Å². The van der Waals surface area contributed by atoms with E-state index >= 15 is 0 Å². The average Bonchev–Trinajstić information content (AvgIpc) is 3.58. The summed E-state index contributed by atoms with van der Waals surface area (Å²) in [5, 5.41) is 11.3. The number of rotatable bonds is 12. The molecule has 1 N–H and O–H groups in total. The Morgan fingerprint density at radius 2 is 1.79 bits per heavy atom. The highest BCUT2D eigenvalue weighted by molar-refractivity contribution is 5.91. The number of carbonyl (C=O) groups excluding carboxylic acids is 2. The first-order chi connectivity index (χ1) is 18.5. The van der Waals surface area contributed by atoms with Crippen molar-refractivity contribution in [1.29, 1.82) is 0 Å². The van der Waals surface area contributed by atoms with Crippen LogP contribution >= 0.6 is 0 Å². The quantitative estimate of drug-likeness (QED) is 0.229. The normalized spacial score (nSPS) is 22.1. The Bertz CT molecular complexity index is 1170. The Balaban J connectivity index is 1.42. The van der Waals surface area contributed by atoms with E-state index < -0.39 is 17.0 Å². The fourth-order valence-electron chi connectivity index (χ4n) is 6.51. The second-order valence-corrected chi connectivity index (χ2v) is 13.0. The number of aliphatic hydroxyl groups is 1. The van der Waals surface area contributed by atoms with E-state index in [0.717, 1.165) is 67.2 Å². The molecule has 2 aromatic rings. The predicted octanol–water partition coefficient (Wildman–Crippen LogP) is 7.09. The molecule has 2 heterocycles. The van der Waals surface area contributed by atoms with E-state index in [1.807, 2.05) is 31.2 Å². The largest absolute Gasteiger partial charge is 0.461 e. The first-order valence-corrected chi connectivity index (χ1v) is 14.7. The molecule has 0 radical (unpaired) electrons. The molecule has 2 aliphatic rings. The number of carbonyl (C=O) groups is 2. The number of allylic oxidation sites excluding steroid dienone is 1. The van der Waals surface area contributed by atoms with Gasteiger partial charge in [-0.25, -0.2) is 4.79 Å². The van der Waals surface area contributed by atoms with E-state index in [0.29, 0.717) is 29.7 Å². The summed E-state index contributed by atoms with van der Waals surface area (Å²) in [6.07, 6.45) is 9.09. The lowest BCUT2D eigenvalue weighted by Gasteiger charge is -2.29. The van der Waals surface area contributed by atoms with Gasteiger partial charge in [0.25, 0.3) is 0 Å². The molecule has 1 aromatic carbocycles. The molecule has 6 nitrogen and oxygen atoms in total. The maximum absolute atomic E-state index is 13.5. The van der Waals surface area contributed by atoms with Gasteiger partial charge in [0.15, 0.2) is 5.60 Å². The minimum absolute atomic E-state index is 0.145. The summed E-state index contributed by atoms with van der Waals surface area (Å²) in [6.45, 7) is 10.4. The van der Waals surface area contributed by atoms with Crippen molar-refractivity contribution in [3.8, 4) is 0 Å². The van der Waals surface area contributed by atoms with E-state index in [2.05, 4.69) is 33.8 Å². The number of esters is 2. The molecule has 39 heavy (non-hydrogen) atoms. The molecule has 1 saturated heterocycles. The second-order valence-electron chi connectivity index (χ2n) is 13.0. The zero-order chi connectivity index (χ0) is 28.2. The monoisotopic (exact) mass is 538 g/mol. The molecule has 0 bridgehead atoms. The number of hydrogen-bond donors (Lipinski definition) is 1. The Hall–Kier alpha value is -2.60. The number of ether oxygens (including phenoxy) is 2. The Labute approximate surface area is 233 Å². The summed E-state index contributed by atoms with van der Waals surface area (Å²) in [7, 11) is 0. The van der Waals surface area contributed by atoms with Crippen molar-refractivity contribution in [1.82, 2.24) is 0 Å². The van der Waals surface area contributed by atoms with Gasteiger partial charge < -0.3 is 19.0 Å². The number of furan rings is 1. The number of aryl methyl sites for hydroxylation is 1. The van der Waals surface area contributed by atoms with Gasteiger partial charge >= 0.3 is 11.9 Å².